The van der Waals surface area contributed by atoms with E-state index in [9.17, 15) is 14.7 Å². The zero-order valence-electron chi connectivity index (χ0n) is 13.8. The average Bonchev–Trinajstić information content (AvgIpc) is 2.64. The summed E-state index contributed by atoms with van der Waals surface area (Å²) in [6.07, 6.45) is 1.76. The fraction of sp³-hybridized carbons (Fsp3) is 0.300. The summed E-state index contributed by atoms with van der Waals surface area (Å²) in [6.45, 7) is 1.97. The summed E-state index contributed by atoms with van der Waals surface area (Å²) in [5, 5.41) is 9.79. The van der Waals surface area contributed by atoms with Gasteiger partial charge in [-0.1, -0.05) is 68.3 Å². The summed E-state index contributed by atoms with van der Waals surface area (Å²) in [7, 11) is 0. The van der Waals surface area contributed by atoms with Crippen molar-refractivity contribution >= 4 is 11.8 Å². The fourth-order valence-corrected chi connectivity index (χ4v) is 2.38. The van der Waals surface area contributed by atoms with Crippen LogP contribution >= 0.6 is 0 Å². The van der Waals surface area contributed by atoms with Gasteiger partial charge in [-0.25, -0.2) is 4.79 Å². The van der Waals surface area contributed by atoms with E-state index in [1.54, 1.807) is 48.5 Å². The number of rotatable bonds is 8. The first-order valence-electron chi connectivity index (χ1n) is 8.17. The number of benzene rings is 2. The van der Waals surface area contributed by atoms with Gasteiger partial charge in [0.2, 0.25) is 0 Å². The van der Waals surface area contributed by atoms with Crippen molar-refractivity contribution in [2.24, 2.45) is 0 Å². The van der Waals surface area contributed by atoms with Crippen LogP contribution in [0, 0.1) is 0 Å². The van der Waals surface area contributed by atoms with Crippen LogP contribution in [0.5, 0.6) is 0 Å². The number of aliphatic hydroxyl groups is 1. The lowest BCUT2D eigenvalue weighted by molar-refractivity contribution is 0.0232. The summed E-state index contributed by atoms with van der Waals surface area (Å²) in [4.78, 5) is 24.9. The fourth-order valence-electron chi connectivity index (χ4n) is 2.38. The summed E-state index contributed by atoms with van der Waals surface area (Å²) in [6, 6.07) is 15.4. The zero-order chi connectivity index (χ0) is 17.4. The Morgan fingerprint density at radius 1 is 1.00 bits per heavy atom. The van der Waals surface area contributed by atoms with Gasteiger partial charge in [0.1, 0.15) is 6.61 Å². The van der Waals surface area contributed by atoms with Gasteiger partial charge in [0.15, 0.2) is 5.78 Å². The van der Waals surface area contributed by atoms with Crippen molar-refractivity contribution in [1.29, 1.82) is 0 Å². The molecule has 0 aliphatic carbocycles. The molecule has 0 bridgehead atoms. The van der Waals surface area contributed by atoms with Crippen molar-refractivity contribution < 1.29 is 19.4 Å². The van der Waals surface area contributed by atoms with Gasteiger partial charge in [0, 0.05) is 11.1 Å². The molecular formula is C20H22O4. The van der Waals surface area contributed by atoms with Crippen LogP contribution < -0.4 is 0 Å². The highest BCUT2D eigenvalue weighted by Crippen LogP contribution is 2.16. The molecule has 0 radical (unpaired) electrons. The van der Waals surface area contributed by atoms with Gasteiger partial charge in [-0.2, -0.15) is 0 Å². The van der Waals surface area contributed by atoms with E-state index in [1.165, 1.54) is 0 Å². The van der Waals surface area contributed by atoms with Crippen LogP contribution in [0.15, 0.2) is 54.6 Å². The number of esters is 1. The molecule has 0 saturated carbocycles. The number of carbonyl (C=O) groups is 2. The molecule has 126 valence electrons. The molecule has 24 heavy (non-hydrogen) atoms. The van der Waals surface area contributed by atoms with E-state index < -0.39 is 12.1 Å². The van der Waals surface area contributed by atoms with Crippen LogP contribution in [0.1, 0.15) is 52.5 Å². The Balaban J connectivity index is 2.11. The molecule has 2 aromatic carbocycles. The van der Waals surface area contributed by atoms with Crippen LogP contribution in [-0.4, -0.2) is 29.6 Å². The van der Waals surface area contributed by atoms with Gasteiger partial charge in [-0.05, 0) is 12.5 Å². The first kappa shape index (κ1) is 17.9. The third-order valence-electron chi connectivity index (χ3n) is 3.73. The van der Waals surface area contributed by atoms with E-state index in [0.717, 1.165) is 12.8 Å². The molecule has 0 aliphatic heterocycles. The molecule has 0 aliphatic rings. The maximum Gasteiger partial charge on any atom is 0.338 e. The number of aliphatic hydroxyl groups excluding tert-OH is 1. The number of carbonyl (C=O) groups excluding carboxylic acids is 2. The van der Waals surface area contributed by atoms with E-state index in [-0.39, 0.29) is 18.0 Å². The second kappa shape index (κ2) is 8.99. The molecule has 2 rings (SSSR count). The Labute approximate surface area is 142 Å². The number of hydrogen-bond donors (Lipinski definition) is 1. The van der Waals surface area contributed by atoms with Crippen LogP contribution in [0.4, 0.5) is 0 Å². The Morgan fingerprint density at radius 2 is 1.62 bits per heavy atom. The summed E-state index contributed by atoms with van der Waals surface area (Å²) >= 11 is 0. The number of hydrogen-bond acceptors (Lipinski definition) is 4. The first-order valence-corrected chi connectivity index (χ1v) is 8.17. The molecule has 4 heteroatoms. The van der Waals surface area contributed by atoms with Crippen LogP contribution in [0.3, 0.4) is 0 Å². The molecule has 0 fully saturated rings. The Hall–Kier alpha value is -2.46. The predicted octanol–water partition coefficient (Wildman–Crippen LogP) is 3.63. The smallest absolute Gasteiger partial charge is 0.338 e. The van der Waals surface area contributed by atoms with Crippen molar-refractivity contribution in [1.82, 2.24) is 0 Å². The molecule has 1 atom stereocenters. The molecule has 1 unspecified atom stereocenters. The van der Waals surface area contributed by atoms with Gasteiger partial charge >= 0.3 is 5.97 Å². The summed E-state index contributed by atoms with van der Waals surface area (Å²) < 4.78 is 5.17. The minimum absolute atomic E-state index is 0.0628. The normalized spacial score (nSPS) is 11.8. The Bertz CT molecular complexity index is 679. The summed E-state index contributed by atoms with van der Waals surface area (Å²) in [5.41, 5.74) is 1.03. The lowest BCUT2D eigenvalue weighted by atomic mass is 9.98. The number of unbranched alkanes of at least 4 members (excludes halogenated alkanes) is 1. The van der Waals surface area contributed by atoms with Crippen molar-refractivity contribution in [3.05, 3.63) is 71.3 Å². The Kier molecular flexibility index (Phi) is 6.70. The van der Waals surface area contributed by atoms with Crippen LogP contribution in [-0.2, 0) is 4.74 Å². The quantitative estimate of drug-likeness (QED) is 0.594. The van der Waals surface area contributed by atoms with Gasteiger partial charge in [0.25, 0.3) is 0 Å². The highest BCUT2D eigenvalue weighted by atomic mass is 16.5. The largest absolute Gasteiger partial charge is 0.459 e. The third-order valence-corrected chi connectivity index (χ3v) is 3.73. The van der Waals surface area contributed by atoms with E-state index in [1.807, 2.05) is 13.0 Å². The van der Waals surface area contributed by atoms with E-state index in [4.69, 9.17) is 4.74 Å². The second-order valence-corrected chi connectivity index (χ2v) is 5.64. The molecule has 2 aromatic rings. The highest BCUT2D eigenvalue weighted by Gasteiger charge is 2.19. The lowest BCUT2D eigenvalue weighted by Crippen LogP contribution is -2.20. The SMILES string of the molecule is CCCCC(O)COC(=O)c1ccccc1C(=O)c1ccccc1. The molecule has 4 nitrogen and oxygen atoms in total. The molecule has 1 N–H and O–H groups in total. The van der Waals surface area contributed by atoms with Gasteiger partial charge < -0.3 is 9.84 Å². The minimum Gasteiger partial charge on any atom is -0.459 e. The molecular weight excluding hydrogens is 304 g/mol. The maximum absolute atomic E-state index is 12.6. The molecule has 0 spiro atoms. The number of ketones is 1. The monoisotopic (exact) mass is 326 g/mol. The lowest BCUT2D eigenvalue weighted by Gasteiger charge is -2.12. The van der Waals surface area contributed by atoms with Crippen molar-refractivity contribution in [2.75, 3.05) is 6.61 Å². The van der Waals surface area contributed by atoms with Crippen molar-refractivity contribution in [3.63, 3.8) is 0 Å². The van der Waals surface area contributed by atoms with Gasteiger partial charge in [-0.3, -0.25) is 4.79 Å². The number of ether oxygens (including phenoxy) is 1. The van der Waals surface area contributed by atoms with E-state index >= 15 is 0 Å². The topological polar surface area (TPSA) is 63.6 Å². The molecule has 0 aromatic heterocycles. The van der Waals surface area contributed by atoms with Crippen LogP contribution in [0.25, 0.3) is 0 Å². The molecule has 0 heterocycles. The maximum atomic E-state index is 12.6. The average molecular weight is 326 g/mol. The first-order chi connectivity index (χ1) is 11.6. The highest BCUT2D eigenvalue weighted by molar-refractivity contribution is 6.14. The van der Waals surface area contributed by atoms with Crippen molar-refractivity contribution in [3.8, 4) is 0 Å². The van der Waals surface area contributed by atoms with Crippen molar-refractivity contribution in [2.45, 2.75) is 32.3 Å². The van der Waals surface area contributed by atoms with Crippen LogP contribution in [0.2, 0.25) is 0 Å². The van der Waals surface area contributed by atoms with Gasteiger partial charge in [-0.15, -0.1) is 0 Å². The summed E-state index contributed by atoms with van der Waals surface area (Å²) in [5.74, 6) is -0.819. The van der Waals surface area contributed by atoms with Gasteiger partial charge in [0.05, 0.1) is 11.7 Å². The Morgan fingerprint density at radius 3 is 2.29 bits per heavy atom. The molecule has 0 saturated heterocycles. The molecule has 0 amide bonds. The van der Waals surface area contributed by atoms with E-state index in [2.05, 4.69) is 0 Å². The predicted molar refractivity (Wildman–Crippen MR) is 92.1 cm³/mol. The second-order valence-electron chi connectivity index (χ2n) is 5.64. The standard InChI is InChI=1S/C20H22O4/c1-2-3-11-16(21)14-24-20(23)18-13-8-7-12-17(18)19(22)15-9-5-4-6-10-15/h4-10,12-13,16,21H,2-3,11,14H2,1H3. The zero-order valence-corrected chi connectivity index (χ0v) is 13.8. The minimum atomic E-state index is -0.675. The van der Waals surface area contributed by atoms with E-state index in [0.29, 0.717) is 17.5 Å². The third kappa shape index (κ3) is 4.77.